The van der Waals surface area contributed by atoms with Crippen LogP contribution < -0.4 is 14.8 Å². The lowest BCUT2D eigenvalue weighted by atomic mass is 9.93. The fraction of sp³-hybridized carbons (Fsp3) is 0.269. The van der Waals surface area contributed by atoms with Gasteiger partial charge in [0, 0.05) is 13.1 Å². The fourth-order valence-corrected chi connectivity index (χ4v) is 4.46. The molecule has 0 unspecified atom stereocenters. The highest BCUT2D eigenvalue weighted by Crippen LogP contribution is 2.30. The first-order valence-corrected chi connectivity index (χ1v) is 13.1. The Bertz CT molecular complexity index is 1320. The van der Waals surface area contributed by atoms with Crippen molar-refractivity contribution in [2.45, 2.75) is 20.0 Å². The topological polar surface area (TPSA) is 145 Å². The van der Waals surface area contributed by atoms with Crippen LogP contribution in [0.1, 0.15) is 33.2 Å². The summed E-state index contributed by atoms with van der Waals surface area (Å²) < 4.78 is 30.8. The highest BCUT2D eigenvalue weighted by molar-refractivity contribution is 7.92. The van der Waals surface area contributed by atoms with E-state index in [1.54, 1.807) is 12.1 Å². The fourth-order valence-electron chi connectivity index (χ4n) is 3.90. The molecular weight excluding hydrogens is 484 g/mol. The number of aliphatic hydroxyl groups excluding tert-OH is 1. The first-order chi connectivity index (χ1) is 16.9. The van der Waals surface area contributed by atoms with Crippen LogP contribution in [0.2, 0.25) is 0 Å². The quantitative estimate of drug-likeness (QED) is 0.193. The van der Waals surface area contributed by atoms with Gasteiger partial charge >= 0.3 is 5.97 Å². The predicted octanol–water partition coefficient (Wildman–Crippen LogP) is 3.45. The zero-order valence-electron chi connectivity index (χ0n) is 20.3. The number of benzene rings is 3. The monoisotopic (exact) mass is 514 g/mol. The van der Waals surface area contributed by atoms with Gasteiger partial charge in [0.2, 0.25) is 10.0 Å². The molecule has 0 saturated heterocycles. The zero-order chi connectivity index (χ0) is 26.5. The van der Waals surface area contributed by atoms with Gasteiger partial charge < -0.3 is 25.4 Å². The Hall–Kier alpha value is -3.60. The number of hydrogen-bond donors (Lipinski definition) is 5. The second-order valence-corrected chi connectivity index (χ2v) is 10.3. The van der Waals surface area contributed by atoms with Gasteiger partial charge in [0.1, 0.15) is 18.1 Å². The number of nitrogens with one attached hydrogen (secondary N) is 2. The van der Waals surface area contributed by atoms with E-state index < -0.39 is 22.1 Å². The van der Waals surface area contributed by atoms with Crippen molar-refractivity contribution in [3.8, 4) is 22.6 Å². The summed E-state index contributed by atoms with van der Waals surface area (Å²) in [5, 5.41) is 32.5. The van der Waals surface area contributed by atoms with E-state index in [0.717, 1.165) is 28.5 Å². The van der Waals surface area contributed by atoms with E-state index in [-0.39, 0.29) is 23.5 Å². The Morgan fingerprint density at radius 1 is 1.03 bits per heavy atom. The molecule has 5 N–H and O–H groups in total. The summed E-state index contributed by atoms with van der Waals surface area (Å²) in [6.45, 7) is 4.80. The minimum Gasteiger partial charge on any atom is -0.506 e. The number of aryl methyl sites for hydroxylation is 2. The van der Waals surface area contributed by atoms with E-state index in [4.69, 9.17) is 4.74 Å². The van der Waals surface area contributed by atoms with Gasteiger partial charge in [-0.05, 0) is 78.1 Å². The third kappa shape index (κ3) is 7.20. The third-order valence-electron chi connectivity index (χ3n) is 5.51. The Kier molecular flexibility index (Phi) is 8.57. The molecule has 3 rings (SSSR count). The number of carboxylic acids is 1. The van der Waals surface area contributed by atoms with Gasteiger partial charge in [-0.2, -0.15) is 0 Å². The first-order valence-electron chi connectivity index (χ1n) is 11.2. The van der Waals surface area contributed by atoms with Gasteiger partial charge in [0.05, 0.1) is 23.6 Å². The summed E-state index contributed by atoms with van der Waals surface area (Å²) in [4.78, 5) is 11.3. The minimum absolute atomic E-state index is 0.00375. The molecule has 0 aliphatic carbocycles. The summed E-state index contributed by atoms with van der Waals surface area (Å²) in [6.07, 6.45) is 0.0644. The van der Waals surface area contributed by atoms with Crippen LogP contribution in [0.3, 0.4) is 0 Å². The molecule has 0 radical (unpaired) electrons. The van der Waals surface area contributed by atoms with Crippen molar-refractivity contribution in [1.29, 1.82) is 0 Å². The van der Waals surface area contributed by atoms with Crippen molar-refractivity contribution in [2.24, 2.45) is 0 Å². The van der Waals surface area contributed by atoms with Crippen LogP contribution in [0.15, 0.2) is 54.6 Å². The maximum Gasteiger partial charge on any atom is 0.335 e. The Morgan fingerprint density at radius 2 is 1.67 bits per heavy atom. The largest absolute Gasteiger partial charge is 0.506 e. The van der Waals surface area contributed by atoms with Crippen molar-refractivity contribution >= 4 is 21.7 Å². The molecule has 3 aromatic rings. The van der Waals surface area contributed by atoms with Crippen LogP contribution >= 0.6 is 0 Å². The number of aromatic carboxylic acids is 1. The molecule has 9 nitrogen and oxygen atoms in total. The number of aliphatic hydroxyl groups is 1. The van der Waals surface area contributed by atoms with E-state index in [2.05, 4.69) is 10.0 Å². The van der Waals surface area contributed by atoms with Gasteiger partial charge in [-0.25, -0.2) is 13.2 Å². The first kappa shape index (κ1) is 27.0. The second-order valence-electron chi connectivity index (χ2n) is 8.53. The van der Waals surface area contributed by atoms with Gasteiger partial charge in [0.25, 0.3) is 0 Å². The summed E-state index contributed by atoms with van der Waals surface area (Å²) in [7, 11) is -3.57. The number of rotatable bonds is 11. The maximum absolute atomic E-state index is 11.4. The molecule has 1 atom stereocenters. The van der Waals surface area contributed by atoms with E-state index in [9.17, 15) is 28.5 Å². The molecule has 0 aromatic heterocycles. The minimum atomic E-state index is -3.57. The molecule has 0 spiro atoms. The highest BCUT2D eigenvalue weighted by atomic mass is 32.2. The van der Waals surface area contributed by atoms with Crippen molar-refractivity contribution in [2.75, 3.05) is 30.7 Å². The average molecular weight is 515 g/mol. The predicted molar refractivity (Wildman–Crippen MR) is 138 cm³/mol. The number of sulfonamides is 1. The van der Waals surface area contributed by atoms with Crippen LogP contribution in [0.25, 0.3) is 11.1 Å². The molecule has 0 bridgehead atoms. The standard InChI is InChI=1S/C26H30N2O7S/c1-16-12-20(26(31)32)13-17(2)25(16)18-4-7-21(8-5-18)35-11-10-27-15-24(30)19-6-9-23(29)22(14-19)28-36(3,33)34/h4-9,12-14,24,27-30H,10-11,15H2,1-3H3,(H,31,32)/t24-/m1/s1. The Morgan fingerprint density at radius 3 is 2.25 bits per heavy atom. The Labute approximate surface area is 210 Å². The summed E-state index contributed by atoms with van der Waals surface area (Å²) in [5.74, 6) is -0.505. The molecule has 0 fully saturated rings. The third-order valence-corrected chi connectivity index (χ3v) is 6.10. The summed E-state index contributed by atoms with van der Waals surface area (Å²) >= 11 is 0. The SMILES string of the molecule is Cc1cc(C(=O)O)cc(C)c1-c1ccc(OCCNC[C@@H](O)c2ccc(O)c(NS(C)(=O)=O)c2)cc1. The van der Waals surface area contributed by atoms with Crippen molar-refractivity contribution in [3.05, 3.63) is 76.9 Å². The number of carbonyl (C=O) groups is 1. The smallest absolute Gasteiger partial charge is 0.335 e. The molecule has 36 heavy (non-hydrogen) atoms. The molecule has 0 heterocycles. The van der Waals surface area contributed by atoms with Crippen molar-refractivity contribution in [3.63, 3.8) is 0 Å². The van der Waals surface area contributed by atoms with E-state index in [1.165, 1.54) is 18.2 Å². The number of carboxylic acid groups (broad SMARTS) is 1. The number of phenols is 1. The van der Waals surface area contributed by atoms with E-state index in [0.29, 0.717) is 24.5 Å². The van der Waals surface area contributed by atoms with Crippen LogP contribution in [-0.2, 0) is 10.0 Å². The molecule has 3 aromatic carbocycles. The Balaban J connectivity index is 1.51. The number of aromatic hydroxyl groups is 1. The van der Waals surface area contributed by atoms with Crippen LogP contribution in [0, 0.1) is 13.8 Å². The van der Waals surface area contributed by atoms with E-state index >= 15 is 0 Å². The maximum atomic E-state index is 11.4. The van der Waals surface area contributed by atoms with Crippen molar-refractivity contribution < 1.29 is 33.3 Å². The molecule has 0 aliphatic rings. The van der Waals surface area contributed by atoms with Gasteiger partial charge in [0.15, 0.2) is 0 Å². The number of anilines is 1. The second kappa shape index (κ2) is 11.4. The summed E-state index contributed by atoms with van der Waals surface area (Å²) in [5.41, 5.74) is 4.45. The van der Waals surface area contributed by atoms with Gasteiger partial charge in [-0.3, -0.25) is 4.72 Å². The lowest BCUT2D eigenvalue weighted by molar-refractivity contribution is 0.0696. The molecular formula is C26H30N2O7S. The zero-order valence-corrected chi connectivity index (χ0v) is 21.1. The van der Waals surface area contributed by atoms with Gasteiger partial charge in [-0.15, -0.1) is 0 Å². The number of ether oxygens (including phenoxy) is 1. The molecule has 192 valence electrons. The van der Waals surface area contributed by atoms with Crippen LogP contribution in [-0.4, -0.2) is 55.7 Å². The van der Waals surface area contributed by atoms with Crippen LogP contribution in [0.5, 0.6) is 11.5 Å². The number of hydrogen-bond acceptors (Lipinski definition) is 7. The molecule has 0 amide bonds. The normalized spacial score (nSPS) is 12.2. The molecule has 0 aliphatic heterocycles. The van der Waals surface area contributed by atoms with Crippen molar-refractivity contribution in [1.82, 2.24) is 5.32 Å². The lowest BCUT2D eigenvalue weighted by Crippen LogP contribution is -2.26. The average Bonchev–Trinajstić information content (AvgIpc) is 2.79. The van der Waals surface area contributed by atoms with Crippen LogP contribution in [0.4, 0.5) is 5.69 Å². The van der Waals surface area contributed by atoms with Gasteiger partial charge in [-0.1, -0.05) is 18.2 Å². The number of phenolic OH excluding ortho intramolecular Hbond substituents is 1. The lowest BCUT2D eigenvalue weighted by Gasteiger charge is -2.15. The molecule has 10 heteroatoms. The molecule has 0 saturated carbocycles. The van der Waals surface area contributed by atoms with E-state index in [1.807, 2.05) is 38.1 Å². The highest BCUT2D eigenvalue weighted by Gasteiger charge is 2.13. The summed E-state index contributed by atoms with van der Waals surface area (Å²) in [6, 6.07) is 15.1.